The Kier molecular flexibility index (Phi) is 3.05. The monoisotopic (exact) mass is 210 g/mol. The number of halogens is 1. The summed E-state index contributed by atoms with van der Waals surface area (Å²) in [5.41, 5.74) is 0.673. The minimum Gasteiger partial charge on any atom is -0.298 e. The van der Waals surface area contributed by atoms with E-state index in [9.17, 15) is 4.79 Å². The van der Waals surface area contributed by atoms with E-state index in [-0.39, 0.29) is 0 Å². The van der Waals surface area contributed by atoms with Gasteiger partial charge in [-0.3, -0.25) is 4.79 Å². The summed E-state index contributed by atoms with van der Waals surface area (Å²) < 4.78 is 0.959. The first-order chi connectivity index (χ1) is 5.33. The number of hydrogen-bond acceptors (Lipinski definition) is 1. The van der Waals surface area contributed by atoms with E-state index in [1.807, 2.05) is 24.3 Å². The molecule has 0 aliphatic heterocycles. The fourth-order valence-electron chi connectivity index (χ4n) is 0.680. The second-order valence-electron chi connectivity index (χ2n) is 2.05. The van der Waals surface area contributed by atoms with Crippen LogP contribution in [0.25, 0.3) is 0 Å². The van der Waals surface area contributed by atoms with Crippen LogP contribution in [-0.2, 0) is 4.79 Å². The van der Waals surface area contributed by atoms with Crippen molar-refractivity contribution in [2.75, 3.05) is 0 Å². The van der Waals surface area contributed by atoms with Crippen molar-refractivity contribution in [1.29, 1.82) is 0 Å². The highest BCUT2D eigenvalue weighted by Gasteiger charge is 1.89. The van der Waals surface area contributed by atoms with E-state index in [1.54, 1.807) is 12.2 Å². The fraction of sp³-hybridized carbons (Fsp3) is 0. The SMILES string of the molecule is O=CC1=C/C=C\C=C(\Br)C=C1. The maximum Gasteiger partial charge on any atom is 0.150 e. The molecule has 0 N–H and O–H groups in total. The van der Waals surface area contributed by atoms with Crippen molar-refractivity contribution in [2.24, 2.45) is 0 Å². The van der Waals surface area contributed by atoms with Gasteiger partial charge in [-0.15, -0.1) is 0 Å². The molecule has 0 heterocycles. The smallest absolute Gasteiger partial charge is 0.150 e. The molecule has 0 atom stereocenters. The minimum atomic E-state index is 0.673. The summed E-state index contributed by atoms with van der Waals surface area (Å²) in [6, 6.07) is 0. The van der Waals surface area contributed by atoms with Crippen LogP contribution in [0.15, 0.2) is 46.5 Å². The summed E-state index contributed by atoms with van der Waals surface area (Å²) in [6.07, 6.45) is 11.8. The minimum absolute atomic E-state index is 0.673. The fourth-order valence-corrected chi connectivity index (χ4v) is 0.964. The second-order valence-corrected chi connectivity index (χ2v) is 2.97. The Morgan fingerprint density at radius 1 is 1.18 bits per heavy atom. The predicted octanol–water partition coefficient (Wildman–Crippen LogP) is 2.52. The van der Waals surface area contributed by atoms with Crippen LogP contribution in [0, 0.1) is 0 Å². The van der Waals surface area contributed by atoms with Gasteiger partial charge in [0.15, 0.2) is 0 Å². The third kappa shape index (κ3) is 2.68. The molecule has 0 spiro atoms. The molecule has 0 fully saturated rings. The van der Waals surface area contributed by atoms with Crippen LogP contribution in [0.4, 0.5) is 0 Å². The van der Waals surface area contributed by atoms with Crippen LogP contribution >= 0.6 is 15.9 Å². The summed E-state index contributed by atoms with van der Waals surface area (Å²) in [5, 5.41) is 0. The van der Waals surface area contributed by atoms with Gasteiger partial charge in [0.1, 0.15) is 6.29 Å². The highest BCUT2D eigenvalue weighted by molar-refractivity contribution is 9.11. The maximum absolute atomic E-state index is 10.3. The Morgan fingerprint density at radius 3 is 2.64 bits per heavy atom. The van der Waals surface area contributed by atoms with Gasteiger partial charge < -0.3 is 0 Å². The largest absolute Gasteiger partial charge is 0.298 e. The van der Waals surface area contributed by atoms with Gasteiger partial charge in [-0.1, -0.05) is 40.2 Å². The molecule has 0 aromatic carbocycles. The van der Waals surface area contributed by atoms with Crippen molar-refractivity contribution >= 4 is 22.2 Å². The molecule has 0 aromatic rings. The molecule has 56 valence electrons. The average Bonchev–Trinajstić information content (AvgIpc) is 1.98. The molecule has 11 heavy (non-hydrogen) atoms. The average molecular weight is 211 g/mol. The zero-order valence-electron chi connectivity index (χ0n) is 5.83. The van der Waals surface area contributed by atoms with Gasteiger partial charge >= 0.3 is 0 Å². The first-order valence-corrected chi connectivity index (χ1v) is 3.99. The van der Waals surface area contributed by atoms with Crippen molar-refractivity contribution in [3.05, 3.63) is 46.5 Å². The zero-order chi connectivity index (χ0) is 8.10. The lowest BCUT2D eigenvalue weighted by molar-refractivity contribution is -0.104. The Hall–Kier alpha value is -0.890. The van der Waals surface area contributed by atoms with Gasteiger partial charge in [0.25, 0.3) is 0 Å². The maximum atomic E-state index is 10.3. The predicted molar refractivity (Wildman–Crippen MR) is 49.4 cm³/mol. The van der Waals surface area contributed by atoms with Crippen LogP contribution in [0.5, 0.6) is 0 Å². The molecule has 0 saturated carbocycles. The van der Waals surface area contributed by atoms with Crippen molar-refractivity contribution < 1.29 is 4.79 Å². The molecule has 2 heteroatoms. The van der Waals surface area contributed by atoms with Gasteiger partial charge in [0, 0.05) is 10.1 Å². The summed E-state index contributed by atoms with van der Waals surface area (Å²) in [7, 11) is 0. The number of hydrogen-bond donors (Lipinski definition) is 0. The second kappa shape index (κ2) is 4.09. The molecule has 0 bridgehead atoms. The third-order valence-electron chi connectivity index (χ3n) is 1.23. The number of allylic oxidation sites excluding steroid dienone is 8. The zero-order valence-corrected chi connectivity index (χ0v) is 7.41. The molecule has 1 rings (SSSR count). The highest BCUT2D eigenvalue weighted by atomic mass is 79.9. The summed E-state index contributed by atoms with van der Waals surface area (Å²) in [6.45, 7) is 0. The Bertz CT molecular complexity index is 269. The normalized spacial score (nSPS) is 24.1. The molecule has 0 amide bonds. The van der Waals surface area contributed by atoms with E-state index < -0.39 is 0 Å². The van der Waals surface area contributed by atoms with Crippen molar-refractivity contribution in [1.82, 2.24) is 0 Å². The van der Waals surface area contributed by atoms with E-state index in [0.29, 0.717) is 5.57 Å². The Morgan fingerprint density at radius 2 is 1.91 bits per heavy atom. The molecule has 0 aromatic heterocycles. The lowest BCUT2D eigenvalue weighted by Crippen LogP contribution is -1.78. The van der Waals surface area contributed by atoms with Crippen LogP contribution in [0.3, 0.4) is 0 Å². The van der Waals surface area contributed by atoms with Crippen LogP contribution in [0.2, 0.25) is 0 Å². The quantitative estimate of drug-likeness (QED) is 0.609. The molecular formula is C9H7BrO. The Labute approximate surface area is 73.9 Å². The summed E-state index contributed by atoms with van der Waals surface area (Å²) >= 11 is 3.31. The summed E-state index contributed by atoms with van der Waals surface area (Å²) in [4.78, 5) is 10.3. The number of carbonyl (C=O) groups excluding carboxylic acids is 1. The van der Waals surface area contributed by atoms with Crippen LogP contribution in [0.1, 0.15) is 0 Å². The first kappa shape index (κ1) is 8.21. The topological polar surface area (TPSA) is 17.1 Å². The van der Waals surface area contributed by atoms with Crippen molar-refractivity contribution in [3.8, 4) is 0 Å². The number of rotatable bonds is 1. The highest BCUT2D eigenvalue weighted by Crippen LogP contribution is 2.10. The molecule has 1 aliphatic carbocycles. The van der Waals surface area contributed by atoms with Gasteiger partial charge in [-0.25, -0.2) is 0 Å². The molecule has 0 unspecified atom stereocenters. The van der Waals surface area contributed by atoms with E-state index in [4.69, 9.17) is 0 Å². The third-order valence-corrected chi connectivity index (χ3v) is 1.75. The lowest BCUT2D eigenvalue weighted by atomic mass is 10.2. The number of carbonyl (C=O) groups is 1. The van der Waals surface area contributed by atoms with Crippen LogP contribution < -0.4 is 0 Å². The van der Waals surface area contributed by atoms with E-state index in [0.717, 1.165) is 10.8 Å². The van der Waals surface area contributed by atoms with Crippen molar-refractivity contribution in [2.45, 2.75) is 0 Å². The summed E-state index contributed by atoms with van der Waals surface area (Å²) in [5.74, 6) is 0. The molecule has 0 radical (unpaired) electrons. The van der Waals surface area contributed by atoms with Crippen molar-refractivity contribution in [3.63, 3.8) is 0 Å². The lowest BCUT2D eigenvalue weighted by Gasteiger charge is -1.91. The standard InChI is InChI=1S/C9H7BrO/c10-9-4-2-1-3-8(7-11)5-6-9/h1-7H/b2-1-,3-1?,4-2?,6-5?,8-3?,8-5?,9-4+,9-6?. The van der Waals surface area contributed by atoms with Gasteiger partial charge in [-0.2, -0.15) is 0 Å². The first-order valence-electron chi connectivity index (χ1n) is 3.20. The van der Waals surface area contributed by atoms with E-state index >= 15 is 0 Å². The molecule has 1 aliphatic rings. The molecule has 0 saturated heterocycles. The van der Waals surface area contributed by atoms with Crippen LogP contribution in [-0.4, -0.2) is 6.29 Å². The Balaban J connectivity index is 2.89. The van der Waals surface area contributed by atoms with Gasteiger partial charge in [0.2, 0.25) is 0 Å². The van der Waals surface area contributed by atoms with Gasteiger partial charge in [0.05, 0.1) is 0 Å². The molecule has 1 nitrogen and oxygen atoms in total. The van der Waals surface area contributed by atoms with Gasteiger partial charge in [-0.05, 0) is 12.2 Å². The van der Waals surface area contributed by atoms with E-state index in [2.05, 4.69) is 15.9 Å². The molecular weight excluding hydrogens is 204 g/mol. The number of aldehydes is 1. The van der Waals surface area contributed by atoms with E-state index in [1.165, 1.54) is 0 Å².